The summed E-state index contributed by atoms with van der Waals surface area (Å²) < 4.78 is 26.1. The lowest BCUT2D eigenvalue weighted by Gasteiger charge is -2.37. The van der Waals surface area contributed by atoms with E-state index in [9.17, 15) is 9.18 Å². The van der Waals surface area contributed by atoms with Gasteiger partial charge in [0, 0.05) is 24.2 Å². The zero-order valence-electron chi connectivity index (χ0n) is 21.5. The summed E-state index contributed by atoms with van der Waals surface area (Å²) in [5.41, 5.74) is 4.20. The average Bonchev–Trinajstić information content (AvgIpc) is 3.34. The number of nitrogens with one attached hydrogen (secondary N) is 2. The van der Waals surface area contributed by atoms with Gasteiger partial charge in [-0.25, -0.2) is 9.38 Å². The zero-order chi connectivity index (χ0) is 26.9. The second-order valence-corrected chi connectivity index (χ2v) is 9.66. The van der Waals surface area contributed by atoms with E-state index >= 15 is 0 Å². The van der Waals surface area contributed by atoms with Gasteiger partial charge >= 0.3 is 6.01 Å². The van der Waals surface area contributed by atoms with Crippen LogP contribution in [0.1, 0.15) is 25.0 Å². The lowest BCUT2D eigenvalue weighted by molar-refractivity contribution is -0.116. The molecule has 3 heterocycles. The van der Waals surface area contributed by atoms with Crippen LogP contribution >= 0.6 is 0 Å². The van der Waals surface area contributed by atoms with Crippen LogP contribution in [0.25, 0.3) is 11.5 Å². The Morgan fingerprint density at radius 1 is 0.949 bits per heavy atom. The molecular weight excluding hydrogens is 499 g/mol. The van der Waals surface area contributed by atoms with E-state index in [4.69, 9.17) is 14.1 Å². The summed E-state index contributed by atoms with van der Waals surface area (Å²) in [5.74, 6) is -0.536. The first-order valence-corrected chi connectivity index (χ1v) is 12.8. The highest BCUT2D eigenvalue weighted by molar-refractivity contribution is 6.19. The maximum atomic E-state index is 14.3. The zero-order valence-corrected chi connectivity index (χ0v) is 21.5. The summed E-state index contributed by atoms with van der Waals surface area (Å²) in [6.45, 7) is 5.16. The Hall–Kier alpha value is -4.57. The molecule has 6 rings (SSSR count). The van der Waals surface area contributed by atoms with Crippen LogP contribution in [0.5, 0.6) is 0 Å². The Labute approximate surface area is 224 Å². The molecule has 0 unspecified atom stereocenters. The fourth-order valence-corrected chi connectivity index (χ4v) is 5.01. The Morgan fingerprint density at radius 3 is 2.49 bits per heavy atom. The van der Waals surface area contributed by atoms with Crippen molar-refractivity contribution >= 4 is 29.0 Å². The minimum absolute atomic E-state index is 0.0145. The molecule has 2 aliphatic rings. The molecule has 2 N–H and O–H groups in total. The van der Waals surface area contributed by atoms with E-state index < -0.39 is 6.17 Å². The van der Waals surface area contributed by atoms with E-state index in [1.54, 1.807) is 6.07 Å². The molecule has 10 heteroatoms. The van der Waals surface area contributed by atoms with Crippen LogP contribution < -0.4 is 15.5 Å². The van der Waals surface area contributed by atoms with Crippen LogP contribution in [-0.2, 0) is 9.53 Å². The minimum atomic E-state index is -1.03. The number of amides is 1. The van der Waals surface area contributed by atoms with Gasteiger partial charge in [-0.2, -0.15) is 0 Å². The molecule has 1 amide bonds. The molecule has 3 aromatic carbocycles. The molecule has 1 aromatic heterocycles. The molecule has 4 aromatic rings. The number of benzodiazepines with no additional fused rings is 1. The topological polar surface area (TPSA) is 105 Å². The smallest absolute Gasteiger partial charge is 0.317 e. The summed E-state index contributed by atoms with van der Waals surface area (Å²) in [7, 11) is 0. The number of nitrogens with zero attached hydrogens (tertiary/aromatic N) is 4. The molecule has 3 atom stereocenters. The first-order valence-electron chi connectivity index (χ1n) is 12.8. The predicted octanol–water partition coefficient (Wildman–Crippen LogP) is 4.72. The van der Waals surface area contributed by atoms with Gasteiger partial charge in [-0.15, -0.1) is 5.10 Å². The molecule has 1 fully saturated rings. The van der Waals surface area contributed by atoms with Gasteiger partial charge in [0.15, 0.2) is 0 Å². The molecule has 2 aliphatic heterocycles. The Bertz CT molecular complexity index is 1530. The number of ether oxygens (including phenoxy) is 1. The molecular formula is C29H27FN6O3. The van der Waals surface area contributed by atoms with Gasteiger partial charge in [-0.1, -0.05) is 53.6 Å². The number of halogens is 1. The predicted molar refractivity (Wildman–Crippen MR) is 146 cm³/mol. The van der Waals surface area contributed by atoms with Gasteiger partial charge in [0.2, 0.25) is 6.17 Å². The van der Waals surface area contributed by atoms with Crippen molar-refractivity contribution in [1.82, 2.24) is 10.2 Å². The van der Waals surface area contributed by atoms with E-state index in [1.807, 2.05) is 68.4 Å². The molecule has 9 nitrogen and oxygen atoms in total. The van der Waals surface area contributed by atoms with Crippen molar-refractivity contribution in [2.75, 3.05) is 28.6 Å². The van der Waals surface area contributed by atoms with E-state index in [1.165, 1.54) is 12.1 Å². The van der Waals surface area contributed by atoms with Crippen LogP contribution in [0.3, 0.4) is 0 Å². The van der Waals surface area contributed by atoms with Crippen molar-refractivity contribution in [1.29, 1.82) is 0 Å². The number of morpholine rings is 1. The third-order valence-electron chi connectivity index (χ3n) is 6.63. The first kappa shape index (κ1) is 24.7. The van der Waals surface area contributed by atoms with Gasteiger partial charge in [0.1, 0.15) is 5.82 Å². The van der Waals surface area contributed by atoms with E-state index in [0.29, 0.717) is 35.7 Å². The van der Waals surface area contributed by atoms with Gasteiger partial charge < -0.3 is 24.7 Å². The van der Waals surface area contributed by atoms with Crippen molar-refractivity contribution < 1.29 is 18.3 Å². The van der Waals surface area contributed by atoms with Crippen LogP contribution in [0.15, 0.2) is 82.2 Å². The Kier molecular flexibility index (Phi) is 6.54. The van der Waals surface area contributed by atoms with Crippen molar-refractivity contribution in [3.05, 3.63) is 89.7 Å². The number of carbonyl (C=O) groups excluding carboxylic acids is 1. The van der Waals surface area contributed by atoms with Crippen molar-refractivity contribution in [2.45, 2.75) is 32.2 Å². The third-order valence-corrected chi connectivity index (χ3v) is 6.63. The minimum Gasteiger partial charge on any atom is -0.403 e. The summed E-state index contributed by atoms with van der Waals surface area (Å²) in [6, 6.07) is 21.6. The molecule has 1 saturated heterocycles. The second-order valence-electron chi connectivity index (χ2n) is 9.66. The molecule has 0 bridgehead atoms. The number of anilines is 3. The number of fused-ring (bicyclic) bond motifs is 1. The van der Waals surface area contributed by atoms with Crippen molar-refractivity contribution in [2.24, 2.45) is 4.99 Å². The fraction of sp³-hybridized carbons (Fsp3) is 0.241. The number of rotatable bonds is 5. The van der Waals surface area contributed by atoms with Crippen molar-refractivity contribution in [3.63, 3.8) is 0 Å². The van der Waals surface area contributed by atoms with Crippen LogP contribution in [0.2, 0.25) is 0 Å². The summed E-state index contributed by atoms with van der Waals surface area (Å²) in [5, 5.41) is 14.2. The molecule has 0 saturated carbocycles. The summed E-state index contributed by atoms with van der Waals surface area (Å²) in [4.78, 5) is 20.0. The third kappa shape index (κ3) is 5.10. The summed E-state index contributed by atoms with van der Waals surface area (Å²) >= 11 is 0. The largest absolute Gasteiger partial charge is 0.403 e. The normalized spacial score (nSPS) is 21.0. The highest BCUT2D eigenvalue weighted by Gasteiger charge is 2.29. The molecule has 198 valence electrons. The maximum absolute atomic E-state index is 14.3. The molecule has 0 aliphatic carbocycles. The number of hydrogen-bond acceptors (Lipinski definition) is 8. The van der Waals surface area contributed by atoms with Gasteiger partial charge in [0.05, 0.1) is 34.9 Å². The number of para-hydroxylation sites is 1. The van der Waals surface area contributed by atoms with E-state index in [2.05, 4.69) is 25.7 Å². The second kappa shape index (κ2) is 10.3. The van der Waals surface area contributed by atoms with Crippen LogP contribution in [0.4, 0.5) is 21.8 Å². The van der Waals surface area contributed by atoms with E-state index in [-0.39, 0.29) is 35.8 Å². The number of carbonyl (C=O) groups is 1. The lowest BCUT2D eigenvalue weighted by Crippen LogP contribution is -2.45. The number of aliphatic imine (C=N–C) groups is 1. The summed E-state index contributed by atoms with van der Waals surface area (Å²) in [6.07, 6.45) is -1.06. The molecule has 0 spiro atoms. The SMILES string of the molecule is C[C@@H]1CN(c2cc(F)ccc2-c2nnc(N[C@H]3N=C(c4ccccc4)c4ccccc4NC3=O)o2)C[C@H](C)O1. The monoisotopic (exact) mass is 526 g/mol. The standard InChI is InChI=1S/C29H27FN6O3/c1-17-15-36(16-18(2)38-17)24-14-20(30)12-13-22(24)28-34-35-29(39-28)33-26-27(37)31-23-11-7-6-10-21(23)25(32-26)19-8-4-3-5-9-19/h3-14,17-18,26H,15-16H2,1-2H3,(H,31,37)(H,33,35)/t17-,18+,26-/m1/s1. The quantitative estimate of drug-likeness (QED) is 0.388. The Balaban J connectivity index is 1.32. The number of benzene rings is 3. The average molecular weight is 527 g/mol. The Morgan fingerprint density at radius 2 is 1.69 bits per heavy atom. The van der Waals surface area contributed by atoms with Crippen LogP contribution in [0, 0.1) is 5.82 Å². The highest BCUT2D eigenvalue weighted by Crippen LogP contribution is 2.34. The highest BCUT2D eigenvalue weighted by atomic mass is 19.1. The van der Waals surface area contributed by atoms with Gasteiger partial charge in [0.25, 0.3) is 11.8 Å². The number of aromatic nitrogens is 2. The number of hydrogen-bond donors (Lipinski definition) is 2. The fourth-order valence-electron chi connectivity index (χ4n) is 5.01. The molecule has 39 heavy (non-hydrogen) atoms. The van der Waals surface area contributed by atoms with Gasteiger partial charge in [-0.3, -0.25) is 4.79 Å². The lowest BCUT2D eigenvalue weighted by atomic mass is 10.0. The van der Waals surface area contributed by atoms with Crippen molar-refractivity contribution in [3.8, 4) is 11.5 Å². The molecule has 0 radical (unpaired) electrons. The van der Waals surface area contributed by atoms with E-state index in [0.717, 1.165) is 11.1 Å². The van der Waals surface area contributed by atoms with Crippen LogP contribution in [-0.4, -0.2) is 53.3 Å². The maximum Gasteiger partial charge on any atom is 0.317 e. The first-order chi connectivity index (χ1) is 18.9. The van der Waals surface area contributed by atoms with Gasteiger partial charge in [-0.05, 0) is 38.1 Å².